The Morgan fingerprint density at radius 2 is 2.06 bits per heavy atom. The molecule has 4 aromatic rings. The fraction of sp³-hybridized carbons (Fsp3) is 0.447. The van der Waals surface area contributed by atoms with Crippen LogP contribution in [0.1, 0.15) is 70.6 Å². The van der Waals surface area contributed by atoms with E-state index in [0.29, 0.717) is 53.1 Å². The number of halogens is 1. The Balaban J connectivity index is 1.70. The normalized spacial score (nSPS) is 17.5. The van der Waals surface area contributed by atoms with Crippen LogP contribution in [0.2, 0.25) is 0 Å². The number of rotatable bonds is 10. The maximum Gasteiger partial charge on any atom is 0.519 e. The first kappa shape index (κ1) is 37.0. The van der Waals surface area contributed by atoms with E-state index in [1.165, 1.54) is 18.0 Å². The number of aryl methyl sites for hydroxylation is 1. The standard InChI is InChI=1S/C38H46FN7O5/c1-11-21(3)41-17-24(12-2)27-18-42-35-32(31-26(16-40)28(39)15-29(33(31)43-35)45(10)36(47)51-38(6,7)8)34(27)46-14-13-25(22(46)4)19-44(9)20-30-23(5)49-37(48)50-30/h11-12,15,17-18,21-22,25H,1,13-14,19-20H2,2-10H3,(H,42,43)/b24-12+,41-17?/t21?,22-,25+/m1/s1. The number of carbonyl (C=O) groups is 1. The highest BCUT2D eigenvalue weighted by atomic mass is 19.1. The molecule has 0 aliphatic carbocycles. The Bertz CT molecular complexity index is 2130. The monoisotopic (exact) mass is 699 g/mol. The third-order valence-electron chi connectivity index (χ3n) is 9.35. The Hall–Kier alpha value is -5.22. The van der Waals surface area contributed by atoms with Crippen molar-refractivity contribution in [2.45, 2.75) is 79.1 Å². The van der Waals surface area contributed by atoms with Gasteiger partial charge in [-0.05, 0) is 73.4 Å². The molecular weight excluding hydrogens is 653 g/mol. The Morgan fingerprint density at radius 1 is 1.33 bits per heavy atom. The average Bonchev–Trinajstić information content (AvgIpc) is 3.73. The van der Waals surface area contributed by atoms with E-state index in [1.54, 1.807) is 46.2 Å². The zero-order chi connectivity index (χ0) is 37.4. The zero-order valence-electron chi connectivity index (χ0n) is 30.8. The molecule has 1 saturated heterocycles. The van der Waals surface area contributed by atoms with E-state index in [1.807, 2.05) is 27.0 Å². The van der Waals surface area contributed by atoms with Crippen molar-refractivity contribution in [3.05, 3.63) is 70.1 Å². The summed E-state index contributed by atoms with van der Waals surface area (Å²) in [5.74, 6) is -0.343. The molecule has 0 saturated carbocycles. The summed E-state index contributed by atoms with van der Waals surface area (Å²) < 4.78 is 31.9. The quantitative estimate of drug-likeness (QED) is 0.133. The number of aromatic amines is 1. The number of aliphatic imine (C=N–C) groups is 1. The van der Waals surface area contributed by atoms with Crippen molar-refractivity contribution in [3.8, 4) is 6.07 Å². The number of nitrogens with one attached hydrogen (secondary N) is 1. The van der Waals surface area contributed by atoms with Crippen LogP contribution in [0, 0.1) is 30.0 Å². The lowest BCUT2D eigenvalue weighted by molar-refractivity contribution is 0.0589. The third-order valence-corrected chi connectivity index (χ3v) is 9.35. The number of allylic oxidation sites excluding steroid dienone is 2. The van der Waals surface area contributed by atoms with Gasteiger partial charge in [0.2, 0.25) is 0 Å². The van der Waals surface area contributed by atoms with Crippen molar-refractivity contribution in [2.24, 2.45) is 10.9 Å². The van der Waals surface area contributed by atoms with Crippen LogP contribution in [0.4, 0.5) is 20.6 Å². The number of pyridine rings is 1. The highest BCUT2D eigenvalue weighted by Crippen LogP contribution is 2.45. The molecule has 0 radical (unpaired) electrons. The number of H-pyrrole nitrogens is 1. The van der Waals surface area contributed by atoms with Gasteiger partial charge in [-0.2, -0.15) is 5.26 Å². The van der Waals surface area contributed by atoms with Crippen LogP contribution in [0.15, 0.2) is 49.6 Å². The van der Waals surface area contributed by atoms with Crippen molar-refractivity contribution in [1.82, 2.24) is 14.9 Å². The molecule has 3 atom stereocenters. The molecule has 12 nitrogen and oxygen atoms in total. The summed E-state index contributed by atoms with van der Waals surface area (Å²) in [5, 5.41) is 11.2. The number of amides is 1. The Kier molecular flexibility index (Phi) is 10.6. The van der Waals surface area contributed by atoms with Crippen molar-refractivity contribution in [3.63, 3.8) is 0 Å². The predicted molar refractivity (Wildman–Crippen MR) is 198 cm³/mol. The fourth-order valence-corrected chi connectivity index (χ4v) is 6.63. The number of anilines is 2. The minimum absolute atomic E-state index is 0.00986. The molecule has 4 heterocycles. The van der Waals surface area contributed by atoms with E-state index in [0.717, 1.165) is 23.2 Å². The Morgan fingerprint density at radius 3 is 2.67 bits per heavy atom. The van der Waals surface area contributed by atoms with Crippen molar-refractivity contribution < 1.29 is 22.8 Å². The summed E-state index contributed by atoms with van der Waals surface area (Å²) in [6, 6.07) is 3.11. The van der Waals surface area contributed by atoms with Gasteiger partial charge in [0.25, 0.3) is 0 Å². The summed E-state index contributed by atoms with van der Waals surface area (Å²) in [6.45, 7) is 18.6. The number of hydrogen-bond acceptors (Lipinski definition) is 10. The zero-order valence-corrected chi connectivity index (χ0v) is 30.8. The first-order chi connectivity index (χ1) is 24.1. The topological polar surface area (TPSA) is 144 Å². The lowest BCUT2D eigenvalue weighted by Gasteiger charge is -2.31. The molecular formula is C38H46FN7O5. The van der Waals surface area contributed by atoms with E-state index >= 15 is 4.39 Å². The molecule has 1 aliphatic rings. The average molecular weight is 700 g/mol. The summed E-state index contributed by atoms with van der Waals surface area (Å²) in [4.78, 5) is 43.3. The maximum absolute atomic E-state index is 16.0. The Labute approximate surface area is 296 Å². The molecule has 1 aromatic carbocycles. The number of ether oxygens (including phenoxy) is 1. The van der Waals surface area contributed by atoms with Gasteiger partial charge in [-0.25, -0.2) is 19.0 Å². The number of carbonyl (C=O) groups excluding carboxylic acids is 1. The van der Waals surface area contributed by atoms with E-state index in [-0.39, 0.29) is 29.3 Å². The minimum atomic E-state index is -0.783. The van der Waals surface area contributed by atoms with Gasteiger partial charge >= 0.3 is 11.9 Å². The van der Waals surface area contributed by atoms with E-state index in [4.69, 9.17) is 18.6 Å². The number of nitriles is 1. The molecule has 0 spiro atoms. The first-order valence-corrected chi connectivity index (χ1v) is 17.0. The van der Waals surface area contributed by atoms with E-state index in [2.05, 4.69) is 39.3 Å². The van der Waals surface area contributed by atoms with Gasteiger partial charge in [0, 0.05) is 55.6 Å². The van der Waals surface area contributed by atoms with E-state index < -0.39 is 23.3 Å². The van der Waals surface area contributed by atoms with Crippen LogP contribution in [-0.2, 0) is 11.3 Å². The van der Waals surface area contributed by atoms with Gasteiger partial charge in [0.05, 0.1) is 40.4 Å². The number of fused-ring (bicyclic) bond motifs is 3. The molecule has 1 unspecified atom stereocenters. The molecule has 5 rings (SSSR count). The van der Waals surface area contributed by atoms with Gasteiger partial charge < -0.3 is 23.5 Å². The number of benzene rings is 1. The van der Waals surface area contributed by atoms with E-state index in [9.17, 15) is 14.9 Å². The molecule has 0 bridgehead atoms. The van der Waals surface area contributed by atoms with Gasteiger partial charge in [0.15, 0.2) is 5.76 Å². The van der Waals surface area contributed by atoms with Gasteiger partial charge in [-0.3, -0.25) is 14.8 Å². The molecule has 270 valence electrons. The second kappa shape index (κ2) is 14.6. The molecule has 51 heavy (non-hydrogen) atoms. The summed E-state index contributed by atoms with van der Waals surface area (Å²) >= 11 is 0. The van der Waals surface area contributed by atoms with Gasteiger partial charge in [0.1, 0.15) is 28.9 Å². The van der Waals surface area contributed by atoms with Crippen molar-refractivity contribution >= 4 is 51.2 Å². The second-order valence-electron chi connectivity index (χ2n) is 14.1. The molecule has 1 N–H and O–H groups in total. The third kappa shape index (κ3) is 7.46. The van der Waals surface area contributed by atoms with Crippen LogP contribution in [-0.4, -0.2) is 72.0 Å². The molecule has 1 aliphatic heterocycles. The maximum atomic E-state index is 16.0. The largest absolute Gasteiger partial charge is 0.519 e. The van der Waals surface area contributed by atoms with Crippen molar-refractivity contribution in [1.29, 1.82) is 5.26 Å². The summed E-state index contributed by atoms with van der Waals surface area (Å²) in [5.41, 5.74) is 2.43. The summed E-state index contributed by atoms with van der Waals surface area (Å²) in [6.07, 6.45) is 7.41. The lowest BCUT2D eigenvalue weighted by Crippen LogP contribution is -2.35. The van der Waals surface area contributed by atoms with Crippen LogP contribution in [0.5, 0.6) is 0 Å². The predicted octanol–water partition coefficient (Wildman–Crippen LogP) is 7.35. The van der Waals surface area contributed by atoms with Crippen LogP contribution in [0.25, 0.3) is 27.5 Å². The van der Waals surface area contributed by atoms with Crippen molar-refractivity contribution in [2.75, 3.05) is 37.0 Å². The molecule has 13 heteroatoms. The SMILES string of the molecule is C=CC(C)N=C/C(=C\C)c1cnc2[nH]c3c(N(C)C(=O)OC(C)(C)C)cc(F)c(C#N)c3c2c1N1CC[C@@H](CN(C)Cc2oc(=O)oc2C)[C@H]1C. The highest BCUT2D eigenvalue weighted by Gasteiger charge is 2.36. The number of nitrogens with zero attached hydrogens (tertiary/aromatic N) is 6. The minimum Gasteiger partial charge on any atom is -0.443 e. The molecule has 1 fully saturated rings. The van der Waals surface area contributed by atoms with Gasteiger partial charge in [-0.15, -0.1) is 6.58 Å². The smallest absolute Gasteiger partial charge is 0.443 e. The summed E-state index contributed by atoms with van der Waals surface area (Å²) in [7, 11) is 3.48. The molecule has 1 amide bonds. The first-order valence-electron chi connectivity index (χ1n) is 17.0. The highest BCUT2D eigenvalue weighted by molar-refractivity contribution is 6.22. The van der Waals surface area contributed by atoms with Crippen LogP contribution >= 0.6 is 0 Å². The second-order valence-corrected chi connectivity index (χ2v) is 14.1. The van der Waals surface area contributed by atoms with Crippen LogP contribution < -0.4 is 15.6 Å². The number of hydrogen-bond donors (Lipinski definition) is 1. The lowest BCUT2D eigenvalue weighted by atomic mass is 9.97. The van der Waals surface area contributed by atoms with Gasteiger partial charge in [-0.1, -0.05) is 12.2 Å². The molecule has 3 aromatic heterocycles. The van der Waals surface area contributed by atoms with Crippen LogP contribution in [0.3, 0.4) is 0 Å². The fourth-order valence-electron chi connectivity index (χ4n) is 6.63. The number of aromatic nitrogens is 2.